The fourth-order valence-electron chi connectivity index (χ4n) is 8.32. The second kappa shape index (κ2) is 9.98. The molecule has 0 bridgehead atoms. The molecule has 2 heterocycles. The molecule has 1 aromatic carbocycles. The van der Waals surface area contributed by atoms with E-state index in [-0.39, 0.29) is 86.2 Å². The Balaban J connectivity index is 1.97. The molecule has 0 aromatic heterocycles. The zero-order valence-electron chi connectivity index (χ0n) is 29.7. The van der Waals surface area contributed by atoms with E-state index in [0.717, 1.165) is 0 Å². The van der Waals surface area contributed by atoms with Crippen molar-refractivity contribution in [1.29, 1.82) is 0 Å². The van der Waals surface area contributed by atoms with E-state index in [9.17, 15) is 29.1 Å². The average molecular weight is 633 g/mol. The number of allylic oxidation sites excluding steroid dienone is 4. The van der Waals surface area contributed by atoms with Gasteiger partial charge in [-0.2, -0.15) is 0 Å². The summed E-state index contributed by atoms with van der Waals surface area (Å²) in [5.74, 6) is -3.94. The maximum Gasteiger partial charge on any atom is 0.175 e. The highest BCUT2D eigenvalue weighted by Gasteiger charge is 2.61. The molecule has 1 N–H and O–H groups in total. The van der Waals surface area contributed by atoms with Crippen LogP contribution in [0.4, 0.5) is 0 Å². The summed E-state index contributed by atoms with van der Waals surface area (Å²) in [5.41, 5.74) is -3.83. The molecule has 8 heteroatoms. The van der Waals surface area contributed by atoms with Gasteiger partial charge in [-0.05, 0) is 67.2 Å². The van der Waals surface area contributed by atoms with Crippen molar-refractivity contribution in [3.05, 3.63) is 39.4 Å². The quantitative estimate of drug-likeness (QED) is 0.269. The van der Waals surface area contributed by atoms with Gasteiger partial charge in [-0.25, -0.2) is 0 Å². The highest BCUT2D eigenvalue weighted by Crippen LogP contribution is 2.64. The fourth-order valence-corrected chi connectivity index (χ4v) is 8.32. The van der Waals surface area contributed by atoms with Crippen LogP contribution in [-0.2, 0) is 19.2 Å². The van der Waals surface area contributed by atoms with Crippen LogP contribution in [0.1, 0.15) is 130 Å². The zero-order valence-corrected chi connectivity index (χ0v) is 29.7. The molecule has 0 saturated heterocycles. The Morgan fingerprint density at radius 1 is 0.609 bits per heavy atom. The van der Waals surface area contributed by atoms with Crippen molar-refractivity contribution in [2.75, 3.05) is 0 Å². The molecule has 0 fully saturated rings. The first-order valence-corrected chi connectivity index (χ1v) is 16.4. The van der Waals surface area contributed by atoms with Crippen molar-refractivity contribution in [3.8, 4) is 17.2 Å². The summed E-state index contributed by atoms with van der Waals surface area (Å²) < 4.78 is 13.2. The van der Waals surface area contributed by atoms with Gasteiger partial charge in [0.15, 0.2) is 28.9 Å². The van der Waals surface area contributed by atoms with E-state index in [1.165, 1.54) is 0 Å². The number of phenols is 1. The monoisotopic (exact) mass is 632 g/mol. The van der Waals surface area contributed by atoms with Gasteiger partial charge in [-0.1, -0.05) is 41.5 Å². The Morgan fingerprint density at radius 2 is 0.935 bits per heavy atom. The van der Waals surface area contributed by atoms with E-state index >= 15 is 0 Å². The molecule has 1 aromatic rings. The SMILES string of the molecule is CC(C)C(=O)c1c2c(c(O)c3c1OC1=C(C(=O)C(C)(C)C(=O)C1(C)C)[C@@H]3C(C)C)[C@@H](C(C)C)C1=C(O2)C(C)(C)C(=O)C(C)(C)C1=O. The molecule has 2 aliphatic carbocycles. The predicted molar refractivity (Wildman–Crippen MR) is 173 cm³/mol. The molecule has 0 radical (unpaired) electrons. The van der Waals surface area contributed by atoms with Gasteiger partial charge in [-0.15, -0.1) is 0 Å². The Morgan fingerprint density at radius 3 is 1.22 bits per heavy atom. The molecule has 2 aliphatic heterocycles. The topological polar surface area (TPSA) is 124 Å². The molecule has 5 rings (SSSR count). The first-order chi connectivity index (χ1) is 20.9. The van der Waals surface area contributed by atoms with Gasteiger partial charge in [0.2, 0.25) is 0 Å². The van der Waals surface area contributed by atoms with E-state index in [4.69, 9.17) is 9.47 Å². The third-order valence-electron chi connectivity index (χ3n) is 10.7. The third-order valence-corrected chi connectivity index (χ3v) is 10.7. The van der Waals surface area contributed by atoms with Gasteiger partial charge in [-0.3, -0.25) is 24.0 Å². The number of aromatic hydroxyl groups is 1. The molecule has 0 amide bonds. The summed E-state index contributed by atoms with van der Waals surface area (Å²) in [4.78, 5) is 70.2. The van der Waals surface area contributed by atoms with Crippen molar-refractivity contribution in [2.24, 2.45) is 39.4 Å². The molecule has 8 nitrogen and oxygen atoms in total. The van der Waals surface area contributed by atoms with Gasteiger partial charge in [0.1, 0.15) is 34.3 Å². The third kappa shape index (κ3) is 4.06. The van der Waals surface area contributed by atoms with Crippen LogP contribution in [0.3, 0.4) is 0 Å². The number of ketones is 5. The maximum absolute atomic E-state index is 14.3. The number of ether oxygens (including phenoxy) is 2. The lowest BCUT2D eigenvalue weighted by Crippen LogP contribution is -2.52. The van der Waals surface area contributed by atoms with Crippen molar-refractivity contribution in [1.82, 2.24) is 0 Å². The lowest BCUT2D eigenvalue weighted by molar-refractivity contribution is -0.146. The number of hydrogen-bond acceptors (Lipinski definition) is 8. The van der Waals surface area contributed by atoms with Crippen LogP contribution < -0.4 is 9.47 Å². The van der Waals surface area contributed by atoms with E-state index in [1.54, 1.807) is 69.2 Å². The van der Waals surface area contributed by atoms with Gasteiger partial charge in [0, 0.05) is 40.0 Å². The van der Waals surface area contributed by atoms with Crippen molar-refractivity contribution >= 4 is 28.9 Å². The van der Waals surface area contributed by atoms with Crippen LogP contribution in [-0.4, -0.2) is 34.0 Å². The molecular weight excluding hydrogens is 584 g/mol. The Hall–Kier alpha value is -3.55. The number of carbonyl (C=O) groups excluding carboxylic acids is 5. The minimum absolute atomic E-state index is 0.0546. The van der Waals surface area contributed by atoms with Crippen LogP contribution in [0, 0.1) is 39.4 Å². The van der Waals surface area contributed by atoms with E-state index in [2.05, 4.69) is 0 Å². The number of hydrogen-bond donors (Lipinski definition) is 1. The molecule has 46 heavy (non-hydrogen) atoms. The Kier molecular flexibility index (Phi) is 7.33. The smallest absolute Gasteiger partial charge is 0.175 e. The van der Waals surface area contributed by atoms with Crippen molar-refractivity contribution < 1.29 is 38.6 Å². The van der Waals surface area contributed by atoms with E-state index < -0.39 is 39.4 Å². The lowest BCUT2D eigenvalue weighted by Gasteiger charge is -2.48. The molecule has 0 spiro atoms. The van der Waals surface area contributed by atoms with Crippen molar-refractivity contribution in [3.63, 3.8) is 0 Å². The lowest BCUT2D eigenvalue weighted by atomic mass is 9.58. The molecule has 2 atom stereocenters. The molecular formula is C38H48O8. The predicted octanol–water partition coefficient (Wildman–Crippen LogP) is 7.41. The zero-order chi connectivity index (χ0) is 35.0. The van der Waals surface area contributed by atoms with E-state index in [0.29, 0.717) is 11.1 Å². The van der Waals surface area contributed by atoms with Crippen molar-refractivity contribution in [2.45, 2.75) is 109 Å². The van der Waals surface area contributed by atoms with Crippen LogP contribution in [0.5, 0.6) is 17.2 Å². The summed E-state index contributed by atoms with van der Waals surface area (Å²) in [7, 11) is 0. The summed E-state index contributed by atoms with van der Waals surface area (Å²) in [6.07, 6.45) is 0. The number of rotatable bonds is 4. The molecule has 4 aliphatic rings. The first-order valence-electron chi connectivity index (χ1n) is 16.4. The second-order valence-electron chi connectivity index (χ2n) is 16.7. The van der Waals surface area contributed by atoms with Crippen LogP contribution in [0.2, 0.25) is 0 Å². The van der Waals surface area contributed by atoms with Gasteiger partial charge < -0.3 is 14.6 Å². The molecule has 0 saturated carbocycles. The summed E-state index contributed by atoms with van der Waals surface area (Å²) in [6.45, 7) is 24.5. The van der Waals surface area contributed by atoms with Gasteiger partial charge in [0.05, 0.1) is 21.7 Å². The van der Waals surface area contributed by atoms with Crippen LogP contribution in [0.15, 0.2) is 22.7 Å². The molecule has 0 unspecified atom stereocenters. The molecule has 248 valence electrons. The summed E-state index contributed by atoms with van der Waals surface area (Å²) in [6, 6.07) is 0. The van der Waals surface area contributed by atoms with E-state index in [1.807, 2.05) is 27.7 Å². The average Bonchev–Trinajstić information content (AvgIpc) is 2.95. The number of phenolic OH excluding ortho intramolecular Hbond substituents is 1. The minimum atomic E-state index is -1.34. The maximum atomic E-state index is 14.3. The largest absolute Gasteiger partial charge is 0.507 e. The number of Topliss-reactive ketones (excluding diaryl/α,β-unsaturated/α-hetero) is 5. The number of benzene rings is 1. The standard InChI is InChI=1S/C38H48O8/c1-15(2)18-20-26(40)21-19(16(3)4)23-30(42)36(9,10)34(44)38(13,14)32(23)46-28(21)24(25(39)17(5)6)27(20)45-31-22(18)29(41)35(7,8)33(43)37(31,11)12/h15-19,40H,1-14H3/t18-,19-/m1/s1. The van der Waals surface area contributed by atoms with Gasteiger partial charge in [0.25, 0.3) is 0 Å². The second-order valence-corrected chi connectivity index (χ2v) is 16.7. The highest BCUT2D eigenvalue weighted by atomic mass is 16.5. The van der Waals surface area contributed by atoms with Crippen LogP contribution in [0.25, 0.3) is 0 Å². The van der Waals surface area contributed by atoms with Gasteiger partial charge >= 0.3 is 0 Å². The fraction of sp³-hybridized carbons (Fsp3) is 0.605. The highest BCUT2D eigenvalue weighted by molar-refractivity contribution is 6.21. The first kappa shape index (κ1) is 33.8. The normalized spacial score (nSPS) is 25.7. The van der Waals surface area contributed by atoms with Crippen LogP contribution >= 0.6 is 0 Å². The summed E-state index contributed by atoms with van der Waals surface area (Å²) in [5, 5.41) is 12.5. The number of fused-ring (bicyclic) bond motifs is 2. The number of carbonyl (C=O) groups is 5. The minimum Gasteiger partial charge on any atom is -0.507 e. The Bertz CT molecular complexity index is 1610. The Labute approximate surface area is 272 Å². The summed E-state index contributed by atoms with van der Waals surface area (Å²) >= 11 is 0.